The standard InChI is InChI=1S/C18H25N3O5/c1-13(22)14-2-3-16(17(10-14)21(23)24)19-11-18(15-4-7-26-12-15)20-5-8-25-9-6-20/h2-3,10,15,18-19H,4-9,11-12H2,1H3/t15-,18+/m0/s1. The van der Waals surface area contributed by atoms with E-state index >= 15 is 0 Å². The minimum atomic E-state index is -0.447. The number of rotatable bonds is 7. The van der Waals surface area contributed by atoms with Gasteiger partial charge in [-0.15, -0.1) is 0 Å². The Morgan fingerprint density at radius 2 is 2.12 bits per heavy atom. The lowest BCUT2D eigenvalue weighted by Crippen LogP contribution is -2.50. The number of benzene rings is 1. The number of ether oxygens (including phenoxy) is 2. The van der Waals surface area contributed by atoms with Crippen LogP contribution >= 0.6 is 0 Å². The van der Waals surface area contributed by atoms with Crippen LogP contribution in [0.2, 0.25) is 0 Å². The summed E-state index contributed by atoms with van der Waals surface area (Å²) in [6.07, 6.45) is 0.995. The molecule has 1 N–H and O–H groups in total. The third-order valence-corrected chi connectivity index (χ3v) is 5.13. The van der Waals surface area contributed by atoms with E-state index < -0.39 is 4.92 Å². The average Bonchev–Trinajstić information content (AvgIpc) is 3.17. The molecule has 26 heavy (non-hydrogen) atoms. The van der Waals surface area contributed by atoms with Gasteiger partial charge in [0.15, 0.2) is 5.78 Å². The Bertz CT molecular complexity index is 654. The van der Waals surface area contributed by atoms with Crippen molar-refractivity contribution in [3.8, 4) is 0 Å². The molecule has 2 fully saturated rings. The van der Waals surface area contributed by atoms with Crippen LogP contribution in [0.5, 0.6) is 0 Å². The molecular formula is C18H25N3O5. The third-order valence-electron chi connectivity index (χ3n) is 5.13. The van der Waals surface area contributed by atoms with E-state index in [0.717, 1.165) is 32.7 Å². The molecule has 0 amide bonds. The van der Waals surface area contributed by atoms with Gasteiger partial charge in [0.1, 0.15) is 5.69 Å². The zero-order valence-electron chi connectivity index (χ0n) is 15.0. The molecular weight excluding hydrogens is 338 g/mol. The number of hydrogen-bond acceptors (Lipinski definition) is 7. The Hall–Kier alpha value is -2.03. The van der Waals surface area contributed by atoms with Crippen LogP contribution < -0.4 is 5.32 Å². The van der Waals surface area contributed by atoms with Crippen LogP contribution in [0.1, 0.15) is 23.7 Å². The molecule has 8 heteroatoms. The van der Waals surface area contributed by atoms with E-state index in [1.165, 1.54) is 13.0 Å². The molecule has 3 rings (SSSR count). The molecule has 2 aliphatic heterocycles. The van der Waals surface area contributed by atoms with Crippen LogP contribution in [0.25, 0.3) is 0 Å². The number of anilines is 1. The van der Waals surface area contributed by atoms with Gasteiger partial charge in [-0.1, -0.05) is 0 Å². The molecule has 0 saturated carbocycles. The van der Waals surface area contributed by atoms with E-state index in [9.17, 15) is 14.9 Å². The average molecular weight is 363 g/mol. The number of nitrogens with one attached hydrogen (secondary N) is 1. The van der Waals surface area contributed by atoms with E-state index in [1.807, 2.05) is 0 Å². The van der Waals surface area contributed by atoms with Gasteiger partial charge in [-0.25, -0.2) is 0 Å². The number of nitrogens with zero attached hydrogens (tertiary/aromatic N) is 2. The Morgan fingerprint density at radius 1 is 1.35 bits per heavy atom. The first-order chi connectivity index (χ1) is 12.6. The van der Waals surface area contributed by atoms with Crippen molar-refractivity contribution >= 4 is 17.2 Å². The van der Waals surface area contributed by atoms with Gasteiger partial charge in [0.25, 0.3) is 5.69 Å². The number of carbonyl (C=O) groups excluding carboxylic acids is 1. The lowest BCUT2D eigenvalue weighted by Gasteiger charge is -2.37. The predicted octanol–water partition coefficient (Wildman–Crippen LogP) is 1.95. The van der Waals surface area contributed by atoms with Crippen LogP contribution in [-0.4, -0.2) is 67.7 Å². The molecule has 1 aromatic rings. The van der Waals surface area contributed by atoms with Gasteiger partial charge in [-0.2, -0.15) is 0 Å². The van der Waals surface area contributed by atoms with E-state index in [2.05, 4.69) is 10.2 Å². The predicted molar refractivity (Wildman–Crippen MR) is 96.7 cm³/mol. The fourth-order valence-electron chi connectivity index (χ4n) is 3.62. The number of Topliss-reactive ketones (excluding diaryl/α,β-unsaturated/α-hetero) is 1. The zero-order valence-corrected chi connectivity index (χ0v) is 15.0. The van der Waals surface area contributed by atoms with Crippen molar-refractivity contribution in [2.45, 2.75) is 19.4 Å². The summed E-state index contributed by atoms with van der Waals surface area (Å²) in [5, 5.41) is 14.7. The molecule has 0 unspecified atom stereocenters. The summed E-state index contributed by atoms with van der Waals surface area (Å²) < 4.78 is 11.0. The van der Waals surface area contributed by atoms with Crippen molar-refractivity contribution in [1.82, 2.24) is 4.90 Å². The number of carbonyl (C=O) groups is 1. The Morgan fingerprint density at radius 3 is 2.73 bits per heavy atom. The van der Waals surface area contributed by atoms with Crippen molar-refractivity contribution in [2.75, 3.05) is 51.4 Å². The number of ketones is 1. The summed E-state index contributed by atoms with van der Waals surface area (Å²) >= 11 is 0. The van der Waals surface area contributed by atoms with E-state index in [1.54, 1.807) is 12.1 Å². The molecule has 0 spiro atoms. The van der Waals surface area contributed by atoms with Crippen LogP contribution in [0.15, 0.2) is 18.2 Å². The van der Waals surface area contributed by atoms with Crippen molar-refractivity contribution in [3.63, 3.8) is 0 Å². The van der Waals surface area contributed by atoms with Gasteiger partial charge in [0, 0.05) is 49.8 Å². The number of nitro groups is 1. The summed E-state index contributed by atoms with van der Waals surface area (Å²) in [6, 6.07) is 4.82. The number of nitro benzene ring substituents is 1. The van der Waals surface area contributed by atoms with E-state index in [0.29, 0.717) is 36.9 Å². The van der Waals surface area contributed by atoms with Crippen molar-refractivity contribution in [1.29, 1.82) is 0 Å². The fourth-order valence-corrected chi connectivity index (χ4v) is 3.62. The maximum absolute atomic E-state index is 11.5. The van der Waals surface area contributed by atoms with Gasteiger partial charge in [0.2, 0.25) is 0 Å². The second-order valence-electron chi connectivity index (χ2n) is 6.77. The molecule has 2 saturated heterocycles. The first kappa shape index (κ1) is 18.8. The molecule has 0 bridgehead atoms. The highest BCUT2D eigenvalue weighted by Gasteiger charge is 2.32. The second kappa shape index (κ2) is 8.57. The fraction of sp³-hybridized carbons (Fsp3) is 0.611. The lowest BCUT2D eigenvalue weighted by molar-refractivity contribution is -0.384. The summed E-state index contributed by atoms with van der Waals surface area (Å²) in [7, 11) is 0. The number of hydrogen-bond donors (Lipinski definition) is 1. The summed E-state index contributed by atoms with van der Waals surface area (Å²) in [5.74, 6) is 0.213. The minimum absolute atomic E-state index is 0.0684. The molecule has 142 valence electrons. The van der Waals surface area contributed by atoms with Gasteiger partial charge in [0.05, 0.1) is 24.7 Å². The first-order valence-electron chi connectivity index (χ1n) is 8.99. The van der Waals surface area contributed by atoms with Crippen LogP contribution in [-0.2, 0) is 9.47 Å². The van der Waals surface area contributed by atoms with Gasteiger partial charge >= 0.3 is 0 Å². The quantitative estimate of drug-likeness (QED) is 0.449. The molecule has 0 aromatic heterocycles. The lowest BCUT2D eigenvalue weighted by atomic mass is 9.96. The van der Waals surface area contributed by atoms with Gasteiger partial charge < -0.3 is 14.8 Å². The zero-order chi connectivity index (χ0) is 18.5. The largest absolute Gasteiger partial charge is 0.381 e. The molecule has 8 nitrogen and oxygen atoms in total. The van der Waals surface area contributed by atoms with Crippen LogP contribution in [0.4, 0.5) is 11.4 Å². The number of morpholine rings is 1. The second-order valence-corrected chi connectivity index (χ2v) is 6.77. The summed E-state index contributed by atoms with van der Waals surface area (Å²) in [4.78, 5) is 24.8. The SMILES string of the molecule is CC(=O)c1ccc(NC[C@H]([C@H]2CCOC2)N2CCOCC2)c([N+](=O)[O-])c1. The highest BCUT2D eigenvalue weighted by molar-refractivity contribution is 5.95. The molecule has 2 heterocycles. The Labute approximate surface area is 152 Å². The van der Waals surface area contributed by atoms with Crippen molar-refractivity contribution < 1.29 is 19.2 Å². The monoisotopic (exact) mass is 363 g/mol. The van der Waals surface area contributed by atoms with Gasteiger partial charge in [-0.05, 0) is 25.5 Å². The first-order valence-corrected chi connectivity index (χ1v) is 8.99. The highest BCUT2D eigenvalue weighted by atomic mass is 16.6. The molecule has 2 aliphatic rings. The summed E-state index contributed by atoms with van der Waals surface area (Å²) in [6.45, 7) is 6.60. The molecule has 0 radical (unpaired) electrons. The highest BCUT2D eigenvalue weighted by Crippen LogP contribution is 2.28. The maximum Gasteiger partial charge on any atom is 0.293 e. The van der Waals surface area contributed by atoms with E-state index in [-0.39, 0.29) is 17.5 Å². The third kappa shape index (κ3) is 4.38. The smallest absolute Gasteiger partial charge is 0.293 e. The normalized spacial score (nSPS) is 22.1. The molecule has 1 aromatic carbocycles. The Balaban J connectivity index is 1.75. The maximum atomic E-state index is 11.5. The van der Waals surface area contributed by atoms with Crippen LogP contribution in [0, 0.1) is 16.0 Å². The molecule has 0 aliphatic carbocycles. The van der Waals surface area contributed by atoms with Crippen molar-refractivity contribution in [3.05, 3.63) is 33.9 Å². The molecule has 2 atom stereocenters. The minimum Gasteiger partial charge on any atom is -0.381 e. The van der Waals surface area contributed by atoms with E-state index in [4.69, 9.17) is 9.47 Å². The summed E-state index contributed by atoms with van der Waals surface area (Å²) in [5.41, 5.74) is 0.717. The Kier molecular flexibility index (Phi) is 6.18. The van der Waals surface area contributed by atoms with Crippen molar-refractivity contribution in [2.24, 2.45) is 5.92 Å². The van der Waals surface area contributed by atoms with Gasteiger partial charge in [-0.3, -0.25) is 19.8 Å². The topological polar surface area (TPSA) is 93.9 Å². The van der Waals surface area contributed by atoms with Crippen LogP contribution in [0.3, 0.4) is 0 Å².